The normalized spacial score (nSPS) is 11.7. The molecule has 1 unspecified atom stereocenters. The van der Waals surface area contributed by atoms with Crippen LogP contribution in [0.5, 0.6) is 0 Å². The summed E-state index contributed by atoms with van der Waals surface area (Å²) in [6.07, 6.45) is 0.513. The second-order valence-corrected chi connectivity index (χ2v) is 4.37. The summed E-state index contributed by atoms with van der Waals surface area (Å²) in [4.78, 5) is 21.9. The van der Waals surface area contributed by atoms with Crippen molar-refractivity contribution in [3.63, 3.8) is 0 Å². The number of amides is 1. The second-order valence-electron chi connectivity index (χ2n) is 3.94. The molecule has 0 spiro atoms. The molecule has 18 heavy (non-hydrogen) atoms. The number of benzene rings is 1. The molecule has 1 N–H and O–H groups in total. The minimum Gasteiger partial charge on any atom is -0.466 e. The molecular weight excluding hydrogens is 254 g/mol. The largest absolute Gasteiger partial charge is 0.466 e. The van der Waals surface area contributed by atoms with E-state index in [0.717, 1.165) is 5.56 Å². The zero-order valence-corrected chi connectivity index (χ0v) is 11.2. The number of carbonyl (C=O) groups excluding carboxylic acids is 2. The van der Waals surface area contributed by atoms with Gasteiger partial charge < -0.3 is 10.1 Å². The average molecular weight is 270 g/mol. The monoisotopic (exact) mass is 269 g/mol. The summed E-state index contributed by atoms with van der Waals surface area (Å²) in [6, 6.07) is 7.04. The standard InChI is InChI=1S/C13H16ClNO3/c1-9(16)15-13(6-7-18-10(2)17)11-4-3-5-12(14)8-11/h3-5,8,13H,6-7H2,1-2H3,(H,15,16). The van der Waals surface area contributed by atoms with E-state index < -0.39 is 0 Å². The molecule has 0 aliphatic heterocycles. The van der Waals surface area contributed by atoms with Gasteiger partial charge in [-0.1, -0.05) is 23.7 Å². The molecule has 0 radical (unpaired) electrons. The zero-order valence-electron chi connectivity index (χ0n) is 10.4. The number of carbonyl (C=O) groups is 2. The quantitative estimate of drug-likeness (QED) is 0.836. The Bertz CT molecular complexity index is 434. The molecule has 4 nitrogen and oxygen atoms in total. The van der Waals surface area contributed by atoms with Crippen LogP contribution in [-0.2, 0) is 14.3 Å². The summed E-state index contributed by atoms with van der Waals surface area (Å²) >= 11 is 5.91. The van der Waals surface area contributed by atoms with E-state index in [2.05, 4.69) is 5.32 Å². The van der Waals surface area contributed by atoms with E-state index in [1.165, 1.54) is 13.8 Å². The molecule has 98 valence electrons. The van der Waals surface area contributed by atoms with Crippen LogP contribution in [0.2, 0.25) is 5.02 Å². The number of nitrogens with one attached hydrogen (secondary N) is 1. The highest BCUT2D eigenvalue weighted by Gasteiger charge is 2.13. The minimum atomic E-state index is -0.331. The summed E-state index contributed by atoms with van der Waals surface area (Å²) in [6.45, 7) is 3.06. The molecule has 0 bridgehead atoms. The van der Waals surface area contributed by atoms with Gasteiger partial charge in [0.25, 0.3) is 0 Å². The summed E-state index contributed by atoms with van der Waals surface area (Å²) in [7, 11) is 0. The lowest BCUT2D eigenvalue weighted by molar-refractivity contribution is -0.141. The highest BCUT2D eigenvalue weighted by Crippen LogP contribution is 2.20. The van der Waals surface area contributed by atoms with Crippen molar-refractivity contribution in [1.29, 1.82) is 0 Å². The van der Waals surface area contributed by atoms with E-state index in [9.17, 15) is 9.59 Å². The van der Waals surface area contributed by atoms with Crippen LogP contribution in [0, 0.1) is 0 Å². The van der Waals surface area contributed by atoms with Crippen molar-refractivity contribution in [2.45, 2.75) is 26.3 Å². The Hall–Kier alpha value is -1.55. The summed E-state index contributed by atoms with van der Waals surface area (Å²) in [5, 5.41) is 3.42. The molecule has 0 heterocycles. The molecule has 0 aliphatic carbocycles. The molecule has 1 atom stereocenters. The van der Waals surface area contributed by atoms with Crippen molar-refractivity contribution in [2.24, 2.45) is 0 Å². The molecule has 0 saturated carbocycles. The van der Waals surface area contributed by atoms with Crippen LogP contribution in [0.1, 0.15) is 31.9 Å². The second kappa shape index (κ2) is 7.01. The number of hydrogen-bond donors (Lipinski definition) is 1. The van der Waals surface area contributed by atoms with Crippen molar-refractivity contribution in [1.82, 2.24) is 5.32 Å². The fourth-order valence-electron chi connectivity index (χ4n) is 1.61. The maximum atomic E-state index is 11.2. The molecule has 1 aromatic rings. The lowest BCUT2D eigenvalue weighted by Gasteiger charge is -2.18. The van der Waals surface area contributed by atoms with E-state index >= 15 is 0 Å². The Kier molecular flexibility index (Phi) is 5.65. The predicted molar refractivity (Wildman–Crippen MR) is 69.3 cm³/mol. The van der Waals surface area contributed by atoms with Crippen LogP contribution < -0.4 is 5.32 Å². The number of hydrogen-bond acceptors (Lipinski definition) is 3. The summed E-state index contributed by atoms with van der Waals surface area (Å²) < 4.78 is 4.88. The van der Waals surface area contributed by atoms with Gasteiger partial charge in [-0.05, 0) is 17.7 Å². The van der Waals surface area contributed by atoms with Gasteiger partial charge in [0.1, 0.15) is 0 Å². The predicted octanol–water partition coefficient (Wildman–Crippen LogP) is 2.47. The van der Waals surface area contributed by atoms with Crippen LogP contribution in [0.4, 0.5) is 0 Å². The van der Waals surface area contributed by atoms with Crippen LogP contribution in [0.25, 0.3) is 0 Å². The maximum absolute atomic E-state index is 11.2. The molecule has 1 rings (SSSR count). The van der Waals surface area contributed by atoms with Crippen molar-refractivity contribution in [3.8, 4) is 0 Å². The Labute approximate surface area is 111 Å². The molecule has 5 heteroatoms. The van der Waals surface area contributed by atoms with Gasteiger partial charge >= 0.3 is 5.97 Å². The third-order valence-corrected chi connectivity index (χ3v) is 2.58. The highest BCUT2D eigenvalue weighted by molar-refractivity contribution is 6.30. The van der Waals surface area contributed by atoms with Gasteiger partial charge in [-0.25, -0.2) is 0 Å². The van der Waals surface area contributed by atoms with E-state index in [1.807, 2.05) is 12.1 Å². The Morgan fingerprint density at radius 1 is 1.39 bits per heavy atom. The molecule has 0 aromatic heterocycles. The van der Waals surface area contributed by atoms with Crippen LogP contribution in [0.15, 0.2) is 24.3 Å². The number of rotatable bonds is 5. The number of esters is 1. The Balaban J connectivity index is 2.71. The van der Waals surface area contributed by atoms with E-state index in [4.69, 9.17) is 16.3 Å². The van der Waals surface area contributed by atoms with Crippen molar-refractivity contribution < 1.29 is 14.3 Å². The first kappa shape index (κ1) is 14.5. The van der Waals surface area contributed by atoms with E-state index in [-0.39, 0.29) is 24.5 Å². The fourth-order valence-corrected chi connectivity index (χ4v) is 1.81. The third kappa shape index (κ3) is 5.19. The minimum absolute atomic E-state index is 0.136. The van der Waals surface area contributed by atoms with Gasteiger partial charge in [0.2, 0.25) is 5.91 Å². The van der Waals surface area contributed by atoms with Gasteiger partial charge in [0.15, 0.2) is 0 Å². The van der Waals surface area contributed by atoms with Crippen molar-refractivity contribution in [3.05, 3.63) is 34.9 Å². The van der Waals surface area contributed by atoms with Gasteiger partial charge in [-0.3, -0.25) is 9.59 Å². The highest BCUT2D eigenvalue weighted by atomic mass is 35.5. The topological polar surface area (TPSA) is 55.4 Å². The van der Waals surface area contributed by atoms with Crippen molar-refractivity contribution >= 4 is 23.5 Å². The van der Waals surface area contributed by atoms with Crippen molar-refractivity contribution in [2.75, 3.05) is 6.61 Å². The molecule has 1 aromatic carbocycles. The number of halogens is 1. The first-order chi connectivity index (χ1) is 8.49. The third-order valence-electron chi connectivity index (χ3n) is 2.34. The van der Waals surface area contributed by atoms with Crippen LogP contribution in [0.3, 0.4) is 0 Å². The Morgan fingerprint density at radius 3 is 2.67 bits per heavy atom. The SMILES string of the molecule is CC(=O)NC(CCOC(C)=O)c1cccc(Cl)c1. The summed E-state index contributed by atoms with van der Waals surface area (Å²) in [5.41, 5.74) is 0.893. The molecule has 0 fully saturated rings. The molecular formula is C13H16ClNO3. The van der Waals surface area contributed by atoms with E-state index in [0.29, 0.717) is 11.4 Å². The average Bonchev–Trinajstić information content (AvgIpc) is 2.26. The lowest BCUT2D eigenvalue weighted by Crippen LogP contribution is -2.27. The van der Waals surface area contributed by atoms with Crippen LogP contribution in [-0.4, -0.2) is 18.5 Å². The smallest absolute Gasteiger partial charge is 0.302 e. The molecule has 0 saturated heterocycles. The lowest BCUT2D eigenvalue weighted by atomic mass is 10.0. The fraction of sp³-hybridized carbons (Fsp3) is 0.385. The van der Waals surface area contributed by atoms with Gasteiger partial charge in [-0.2, -0.15) is 0 Å². The number of ether oxygens (including phenoxy) is 1. The van der Waals surface area contributed by atoms with Gasteiger partial charge in [-0.15, -0.1) is 0 Å². The maximum Gasteiger partial charge on any atom is 0.302 e. The van der Waals surface area contributed by atoms with Gasteiger partial charge in [0, 0.05) is 25.3 Å². The zero-order chi connectivity index (χ0) is 13.5. The van der Waals surface area contributed by atoms with Gasteiger partial charge in [0.05, 0.1) is 12.6 Å². The first-order valence-corrected chi connectivity index (χ1v) is 6.02. The summed E-state index contributed by atoms with van der Waals surface area (Å²) in [5.74, 6) is -0.467. The van der Waals surface area contributed by atoms with Crippen LogP contribution >= 0.6 is 11.6 Å². The molecule has 0 aliphatic rings. The first-order valence-electron chi connectivity index (χ1n) is 5.65. The Morgan fingerprint density at radius 2 is 2.11 bits per heavy atom. The van der Waals surface area contributed by atoms with E-state index in [1.54, 1.807) is 12.1 Å². The molecule has 1 amide bonds.